The largest absolute Gasteiger partial charge is 0.323 e. The first-order valence-corrected chi connectivity index (χ1v) is 8.11. The maximum absolute atomic E-state index is 13.6. The Morgan fingerprint density at radius 2 is 1.76 bits per heavy atom. The molecular weight excluding hydrogens is 356 g/mol. The summed E-state index contributed by atoms with van der Waals surface area (Å²) in [6.07, 6.45) is 3.55. The summed E-state index contributed by atoms with van der Waals surface area (Å²) in [5.41, 5.74) is 0.611. The molecule has 0 unspecified atom stereocenters. The van der Waals surface area contributed by atoms with Crippen molar-refractivity contribution in [1.82, 2.24) is 0 Å². The SMILES string of the molecule is CC(C)(CCCCc1ccccc1)C(=O)Nc1ccc(F)[c]c1F.[Ti]. The summed E-state index contributed by atoms with van der Waals surface area (Å²) in [6, 6.07) is 14.4. The van der Waals surface area contributed by atoms with Crippen LogP contribution in [0.25, 0.3) is 0 Å². The Bertz CT molecular complexity index is 689. The summed E-state index contributed by atoms with van der Waals surface area (Å²) in [7, 11) is 0. The van der Waals surface area contributed by atoms with Crippen LogP contribution in [0.2, 0.25) is 0 Å². The molecule has 0 aromatic heterocycles. The summed E-state index contributed by atoms with van der Waals surface area (Å²) < 4.78 is 26.4. The fourth-order valence-corrected chi connectivity index (χ4v) is 2.49. The molecule has 0 saturated heterocycles. The normalized spacial score (nSPS) is 10.9. The molecule has 0 bridgehead atoms. The number of benzene rings is 2. The van der Waals surface area contributed by atoms with Gasteiger partial charge in [-0.2, -0.15) is 0 Å². The molecule has 2 rings (SSSR count). The first-order valence-electron chi connectivity index (χ1n) is 8.11. The van der Waals surface area contributed by atoms with Gasteiger partial charge < -0.3 is 5.32 Å². The number of halogens is 2. The second-order valence-electron chi connectivity index (χ2n) is 6.56. The molecule has 0 heterocycles. The molecule has 0 atom stereocenters. The van der Waals surface area contributed by atoms with E-state index in [2.05, 4.69) is 17.4 Å². The van der Waals surface area contributed by atoms with Crippen LogP contribution in [0, 0.1) is 23.1 Å². The van der Waals surface area contributed by atoms with Gasteiger partial charge in [-0.3, -0.25) is 4.79 Å². The molecule has 2 nitrogen and oxygen atoms in total. The fourth-order valence-electron chi connectivity index (χ4n) is 2.49. The number of anilines is 1. The van der Waals surface area contributed by atoms with Crippen LogP contribution < -0.4 is 5.32 Å². The van der Waals surface area contributed by atoms with Gasteiger partial charge in [-0.05, 0) is 37.0 Å². The molecular formula is C20H22F2NOTi. The summed E-state index contributed by atoms with van der Waals surface area (Å²) in [5.74, 6) is -1.95. The first kappa shape index (κ1) is 21.5. The molecule has 0 saturated carbocycles. The number of carbonyl (C=O) groups excluding carboxylic acids is 1. The van der Waals surface area contributed by atoms with Crippen LogP contribution >= 0.6 is 0 Å². The van der Waals surface area contributed by atoms with Crippen molar-refractivity contribution in [2.75, 3.05) is 5.32 Å². The number of rotatable bonds is 7. The van der Waals surface area contributed by atoms with Crippen molar-refractivity contribution in [3.8, 4) is 0 Å². The second kappa shape index (κ2) is 9.83. The molecule has 1 amide bonds. The quantitative estimate of drug-likeness (QED) is 0.525. The molecule has 0 spiro atoms. The van der Waals surface area contributed by atoms with Crippen molar-refractivity contribution in [2.24, 2.45) is 5.41 Å². The van der Waals surface area contributed by atoms with Crippen LogP contribution in [0.3, 0.4) is 0 Å². The van der Waals surface area contributed by atoms with Gasteiger partial charge in [0, 0.05) is 27.1 Å². The van der Waals surface area contributed by atoms with E-state index in [1.807, 2.05) is 38.1 Å². The van der Waals surface area contributed by atoms with E-state index in [0.717, 1.165) is 25.3 Å². The molecule has 5 heteroatoms. The molecule has 1 N–H and O–H groups in total. The van der Waals surface area contributed by atoms with Crippen LogP contribution in [0.4, 0.5) is 14.5 Å². The minimum absolute atomic E-state index is 0. The van der Waals surface area contributed by atoms with Gasteiger partial charge in [0.1, 0.15) is 5.82 Å². The molecule has 0 fully saturated rings. The zero-order valence-electron chi connectivity index (χ0n) is 14.5. The summed E-state index contributed by atoms with van der Waals surface area (Å²) in [5, 5.41) is 2.52. The molecule has 2 aromatic rings. The monoisotopic (exact) mass is 378 g/mol. The van der Waals surface area contributed by atoms with Gasteiger partial charge >= 0.3 is 0 Å². The fraction of sp³-hybridized carbons (Fsp3) is 0.350. The maximum atomic E-state index is 13.6. The Balaban J connectivity index is 0.00000312. The van der Waals surface area contributed by atoms with Crippen molar-refractivity contribution >= 4 is 11.6 Å². The number of hydrogen-bond acceptors (Lipinski definition) is 1. The van der Waals surface area contributed by atoms with E-state index < -0.39 is 17.0 Å². The standard InChI is InChI=1S/C20H22F2NO.Ti/c1-20(2,13-7-6-10-15-8-4-3-5-9-15)19(24)23-18-12-11-16(21)14-17(18)22;/h3-5,8-9,11-12H,6-7,10,13H2,1-2H3,(H,23,24);. The van der Waals surface area contributed by atoms with Crippen molar-refractivity contribution in [1.29, 1.82) is 0 Å². The van der Waals surface area contributed by atoms with Crippen molar-refractivity contribution in [3.63, 3.8) is 0 Å². The number of carbonyl (C=O) groups is 1. The zero-order valence-corrected chi connectivity index (χ0v) is 16.1. The van der Waals surface area contributed by atoms with Gasteiger partial charge in [-0.1, -0.05) is 50.6 Å². The Morgan fingerprint density at radius 3 is 2.40 bits per heavy atom. The predicted molar refractivity (Wildman–Crippen MR) is 91.6 cm³/mol. The Labute approximate surface area is 162 Å². The van der Waals surface area contributed by atoms with Gasteiger partial charge in [0.15, 0.2) is 5.82 Å². The van der Waals surface area contributed by atoms with Crippen LogP contribution in [0.5, 0.6) is 0 Å². The van der Waals surface area contributed by atoms with E-state index in [1.165, 1.54) is 11.6 Å². The van der Waals surface area contributed by atoms with Crippen molar-refractivity contribution in [3.05, 3.63) is 65.7 Å². The van der Waals surface area contributed by atoms with Gasteiger partial charge in [-0.25, -0.2) is 8.78 Å². The topological polar surface area (TPSA) is 29.1 Å². The Hall–Kier alpha value is -1.52. The van der Waals surface area contributed by atoms with Crippen LogP contribution in [-0.4, -0.2) is 5.91 Å². The van der Waals surface area contributed by atoms with Crippen molar-refractivity contribution in [2.45, 2.75) is 39.5 Å². The van der Waals surface area contributed by atoms with Gasteiger partial charge in [-0.15, -0.1) is 0 Å². The van der Waals surface area contributed by atoms with Crippen molar-refractivity contribution < 1.29 is 35.3 Å². The van der Waals surface area contributed by atoms with Gasteiger partial charge in [0.2, 0.25) is 5.91 Å². The predicted octanol–water partition coefficient (Wildman–Crippen LogP) is 5.14. The summed E-state index contributed by atoms with van der Waals surface area (Å²) in [6.45, 7) is 3.66. The average molecular weight is 378 g/mol. The van der Waals surface area contributed by atoms with Crippen LogP contribution in [0.15, 0.2) is 42.5 Å². The number of aryl methyl sites for hydroxylation is 1. The minimum atomic E-state index is -0.886. The third-order valence-corrected chi connectivity index (χ3v) is 4.08. The zero-order chi connectivity index (χ0) is 17.6. The molecule has 0 aliphatic heterocycles. The number of unbranched alkanes of at least 4 members (excludes halogenated alkanes) is 1. The number of hydrogen-bond donors (Lipinski definition) is 1. The summed E-state index contributed by atoms with van der Waals surface area (Å²) >= 11 is 0. The molecule has 0 aliphatic rings. The van der Waals surface area contributed by atoms with Gasteiger partial charge in [0.25, 0.3) is 0 Å². The van der Waals surface area contributed by atoms with E-state index >= 15 is 0 Å². The number of nitrogens with one attached hydrogen (secondary N) is 1. The van der Waals surface area contributed by atoms with E-state index in [1.54, 1.807) is 0 Å². The third kappa shape index (κ3) is 6.71. The smallest absolute Gasteiger partial charge is 0.230 e. The van der Waals surface area contributed by atoms with E-state index in [-0.39, 0.29) is 33.3 Å². The number of amides is 1. The molecule has 2 aromatic carbocycles. The minimum Gasteiger partial charge on any atom is -0.323 e. The first-order chi connectivity index (χ1) is 11.4. The summed E-state index contributed by atoms with van der Waals surface area (Å²) in [4.78, 5) is 12.4. The third-order valence-electron chi connectivity index (χ3n) is 4.08. The van der Waals surface area contributed by atoms with E-state index in [4.69, 9.17) is 0 Å². The Morgan fingerprint density at radius 1 is 1.08 bits per heavy atom. The second-order valence-corrected chi connectivity index (χ2v) is 6.56. The Kier molecular flexibility index (Phi) is 8.47. The van der Waals surface area contributed by atoms with Crippen LogP contribution in [0.1, 0.15) is 38.7 Å². The van der Waals surface area contributed by atoms with Crippen LogP contribution in [-0.2, 0) is 32.9 Å². The molecule has 1 radical (unpaired) electrons. The maximum Gasteiger partial charge on any atom is 0.230 e. The van der Waals surface area contributed by atoms with E-state index in [9.17, 15) is 13.6 Å². The molecule has 131 valence electrons. The molecule has 0 aliphatic carbocycles. The average Bonchev–Trinajstić information content (AvgIpc) is 2.55. The van der Waals surface area contributed by atoms with Gasteiger partial charge in [0.05, 0.1) is 11.8 Å². The molecule has 25 heavy (non-hydrogen) atoms. The van der Waals surface area contributed by atoms with E-state index in [0.29, 0.717) is 6.42 Å².